The zero-order valence-corrected chi connectivity index (χ0v) is 10.8. The number of pyridine rings is 1. The molecule has 0 N–H and O–H groups in total. The first kappa shape index (κ1) is 12.7. The second kappa shape index (κ2) is 5.10. The lowest BCUT2D eigenvalue weighted by molar-refractivity contribution is -0.386. The van der Waals surface area contributed by atoms with Gasteiger partial charge in [-0.25, -0.2) is 13.8 Å². The molecule has 0 unspecified atom stereocenters. The molecule has 0 radical (unpaired) electrons. The van der Waals surface area contributed by atoms with Crippen LogP contribution >= 0.6 is 38.5 Å². The molecule has 0 spiro atoms. The van der Waals surface area contributed by atoms with Gasteiger partial charge in [0.1, 0.15) is 0 Å². The molecule has 0 bridgehead atoms. The van der Waals surface area contributed by atoms with E-state index in [1.807, 2.05) is 22.6 Å². The van der Waals surface area contributed by atoms with Crippen LogP contribution in [0.25, 0.3) is 0 Å². The standard InChI is InChI=1S/C7H4BrF2IN2O2/c8-2-4-3(11)1-5(13(14)15)6(12-4)7(9)10/h1,7H,2H2. The quantitative estimate of drug-likeness (QED) is 0.343. The van der Waals surface area contributed by atoms with Crippen molar-refractivity contribution in [2.24, 2.45) is 0 Å². The maximum absolute atomic E-state index is 12.5. The summed E-state index contributed by atoms with van der Waals surface area (Å²) in [6, 6.07) is 1.10. The molecule has 0 saturated carbocycles. The van der Waals surface area contributed by atoms with E-state index in [0.29, 0.717) is 9.26 Å². The summed E-state index contributed by atoms with van der Waals surface area (Å²) in [5.74, 6) is 0. The molecular formula is C7H4BrF2IN2O2. The second-order valence-electron chi connectivity index (χ2n) is 2.51. The lowest BCUT2D eigenvalue weighted by Gasteiger charge is -2.05. The molecule has 1 aromatic heterocycles. The van der Waals surface area contributed by atoms with Crippen molar-refractivity contribution in [3.05, 3.63) is 31.1 Å². The van der Waals surface area contributed by atoms with Crippen molar-refractivity contribution < 1.29 is 13.7 Å². The maximum atomic E-state index is 12.5. The number of hydrogen-bond donors (Lipinski definition) is 0. The van der Waals surface area contributed by atoms with E-state index in [9.17, 15) is 18.9 Å². The van der Waals surface area contributed by atoms with Gasteiger partial charge < -0.3 is 0 Å². The number of nitro groups is 1. The molecule has 0 amide bonds. The number of aromatic nitrogens is 1. The smallest absolute Gasteiger partial charge is 0.258 e. The summed E-state index contributed by atoms with van der Waals surface area (Å²) in [5.41, 5.74) is -1.05. The molecule has 4 nitrogen and oxygen atoms in total. The van der Waals surface area contributed by atoms with E-state index < -0.39 is 22.7 Å². The van der Waals surface area contributed by atoms with Gasteiger partial charge in [0.2, 0.25) is 0 Å². The predicted octanol–water partition coefficient (Wildman–Crippen LogP) is 3.43. The van der Waals surface area contributed by atoms with E-state index >= 15 is 0 Å². The summed E-state index contributed by atoms with van der Waals surface area (Å²) in [5, 5.41) is 10.8. The highest BCUT2D eigenvalue weighted by atomic mass is 127. The third-order valence-corrected chi connectivity index (χ3v) is 3.05. The second-order valence-corrected chi connectivity index (χ2v) is 4.24. The Kier molecular flexibility index (Phi) is 4.32. The molecule has 0 aromatic carbocycles. The van der Waals surface area contributed by atoms with Crippen LogP contribution in [0, 0.1) is 13.7 Å². The molecule has 8 heteroatoms. The van der Waals surface area contributed by atoms with Crippen molar-refractivity contribution in [2.45, 2.75) is 11.8 Å². The monoisotopic (exact) mass is 392 g/mol. The topological polar surface area (TPSA) is 56.0 Å². The van der Waals surface area contributed by atoms with Gasteiger partial charge in [0, 0.05) is 15.0 Å². The number of alkyl halides is 3. The fourth-order valence-corrected chi connectivity index (χ4v) is 2.49. The van der Waals surface area contributed by atoms with Gasteiger partial charge in [-0.1, -0.05) is 15.9 Å². The molecule has 0 fully saturated rings. The fraction of sp³-hybridized carbons (Fsp3) is 0.286. The number of rotatable bonds is 3. The lowest BCUT2D eigenvalue weighted by atomic mass is 10.2. The van der Waals surface area contributed by atoms with Crippen molar-refractivity contribution >= 4 is 44.2 Å². The lowest BCUT2D eigenvalue weighted by Crippen LogP contribution is -2.03. The van der Waals surface area contributed by atoms with Gasteiger partial charge in [0.15, 0.2) is 5.69 Å². The summed E-state index contributed by atoms with van der Waals surface area (Å²) in [6.45, 7) is 0. The van der Waals surface area contributed by atoms with Crippen LogP contribution in [0.15, 0.2) is 6.07 Å². The third kappa shape index (κ3) is 2.80. The zero-order chi connectivity index (χ0) is 11.6. The SMILES string of the molecule is O=[N+]([O-])c1cc(I)c(CBr)nc1C(F)F. The zero-order valence-electron chi connectivity index (χ0n) is 7.08. The van der Waals surface area contributed by atoms with E-state index in [2.05, 4.69) is 20.9 Å². The average Bonchev–Trinajstić information content (AvgIpc) is 2.16. The molecule has 0 aliphatic heterocycles. The van der Waals surface area contributed by atoms with E-state index in [1.54, 1.807) is 0 Å². The van der Waals surface area contributed by atoms with Gasteiger partial charge in [-0.05, 0) is 22.6 Å². The van der Waals surface area contributed by atoms with Gasteiger partial charge in [-0.2, -0.15) is 0 Å². The molecule has 1 aromatic rings. The Morgan fingerprint density at radius 3 is 2.67 bits per heavy atom. The summed E-state index contributed by atoms with van der Waals surface area (Å²) in [7, 11) is 0. The Bertz CT molecular complexity index is 403. The first-order valence-corrected chi connectivity index (χ1v) is 5.85. The number of nitrogens with zero attached hydrogens (tertiary/aromatic N) is 2. The van der Waals surface area contributed by atoms with Crippen LogP contribution in [0.5, 0.6) is 0 Å². The van der Waals surface area contributed by atoms with Crippen LogP contribution in [0.2, 0.25) is 0 Å². The molecule has 15 heavy (non-hydrogen) atoms. The number of halogens is 4. The maximum Gasteiger partial charge on any atom is 0.297 e. The van der Waals surface area contributed by atoms with Crippen molar-refractivity contribution in [3.63, 3.8) is 0 Å². The van der Waals surface area contributed by atoms with Crippen LogP contribution in [-0.2, 0) is 5.33 Å². The van der Waals surface area contributed by atoms with Crippen molar-refractivity contribution in [3.8, 4) is 0 Å². The Hall–Kier alpha value is -0.380. The van der Waals surface area contributed by atoms with Crippen molar-refractivity contribution in [2.75, 3.05) is 0 Å². The van der Waals surface area contributed by atoms with Gasteiger partial charge in [0.25, 0.3) is 12.1 Å². The van der Waals surface area contributed by atoms with E-state index in [1.165, 1.54) is 0 Å². The highest BCUT2D eigenvalue weighted by molar-refractivity contribution is 14.1. The Morgan fingerprint density at radius 2 is 2.27 bits per heavy atom. The molecule has 82 valence electrons. The minimum Gasteiger partial charge on any atom is -0.258 e. The van der Waals surface area contributed by atoms with Gasteiger partial charge in [-0.15, -0.1) is 0 Å². The Morgan fingerprint density at radius 1 is 1.67 bits per heavy atom. The summed E-state index contributed by atoms with van der Waals surface area (Å²) in [4.78, 5) is 13.2. The molecule has 1 heterocycles. The van der Waals surface area contributed by atoms with E-state index in [4.69, 9.17) is 0 Å². The summed E-state index contributed by atoms with van der Waals surface area (Å²) < 4.78 is 25.4. The normalized spacial score (nSPS) is 10.7. The van der Waals surface area contributed by atoms with Crippen LogP contribution in [0.3, 0.4) is 0 Å². The predicted molar refractivity (Wildman–Crippen MR) is 61.2 cm³/mol. The molecule has 0 saturated heterocycles. The van der Waals surface area contributed by atoms with Crippen LogP contribution < -0.4 is 0 Å². The highest BCUT2D eigenvalue weighted by Gasteiger charge is 2.25. The fourth-order valence-electron chi connectivity index (χ4n) is 0.934. The summed E-state index contributed by atoms with van der Waals surface area (Å²) in [6.07, 6.45) is -2.94. The van der Waals surface area contributed by atoms with E-state index in [-0.39, 0.29) is 5.33 Å². The minimum absolute atomic E-state index is 0.281. The van der Waals surface area contributed by atoms with Crippen molar-refractivity contribution in [1.29, 1.82) is 0 Å². The molecule has 0 aliphatic rings. The van der Waals surface area contributed by atoms with Gasteiger partial charge in [-0.3, -0.25) is 10.1 Å². The minimum atomic E-state index is -2.94. The van der Waals surface area contributed by atoms with Gasteiger partial charge >= 0.3 is 0 Å². The highest BCUT2D eigenvalue weighted by Crippen LogP contribution is 2.30. The van der Waals surface area contributed by atoms with E-state index in [0.717, 1.165) is 6.07 Å². The third-order valence-electron chi connectivity index (χ3n) is 1.59. The summed E-state index contributed by atoms with van der Waals surface area (Å²) >= 11 is 4.89. The average molecular weight is 393 g/mol. The number of hydrogen-bond acceptors (Lipinski definition) is 3. The van der Waals surface area contributed by atoms with Crippen LogP contribution in [0.1, 0.15) is 17.8 Å². The largest absolute Gasteiger partial charge is 0.297 e. The van der Waals surface area contributed by atoms with Crippen LogP contribution in [-0.4, -0.2) is 9.91 Å². The molecular weight excluding hydrogens is 389 g/mol. The Labute approximate surface area is 105 Å². The first-order chi connectivity index (χ1) is 6.97. The van der Waals surface area contributed by atoms with Crippen molar-refractivity contribution in [1.82, 2.24) is 4.98 Å². The van der Waals surface area contributed by atoms with Crippen LogP contribution in [0.4, 0.5) is 14.5 Å². The Balaban J connectivity index is 3.38. The molecule has 0 atom stereocenters. The first-order valence-electron chi connectivity index (χ1n) is 3.65. The molecule has 1 rings (SSSR count). The molecule has 0 aliphatic carbocycles. The van der Waals surface area contributed by atoms with Gasteiger partial charge in [0.05, 0.1) is 10.6 Å².